The molecule has 11 nitrogen and oxygen atoms in total. The van der Waals surface area contributed by atoms with E-state index in [2.05, 4.69) is 9.17 Å². The molecule has 142 valence electrons. The first kappa shape index (κ1) is 19.8. The largest absolute Gasteiger partial charge is 0.349 e. The second kappa shape index (κ2) is 6.99. The van der Waals surface area contributed by atoms with Crippen molar-refractivity contribution in [1.29, 1.82) is 0 Å². The molecule has 2 heterocycles. The van der Waals surface area contributed by atoms with Crippen LogP contribution in [0.2, 0.25) is 0 Å². The van der Waals surface area contributed by atoms with Gasteiger partial charge in [-0.25, -0.2) is 4.79 Å². The van der Waals surface area contributed by atoms with Gasteiger partial charge in [0.1, 0.15) is 18.4 Å². The standard InChI is InChI=1S/C12H18N2O9S2/c1-7-5-14(12(16)13-11(7)15)10-4-8(23-25(3,19)20)9(22-10)6-21-24(2,17)18/h5,8-10H,4,6H2,1-3H3,(H,13,15,16)/t8-,9-,10+/m1/s1. The second-order valence-electron chi connectivity index (χ2n) is 5.67. The maximum atomic E-state index is 11.9. The summed E-state index contributed by atoms with van der Waals surface area (Å²) in [5.41, 5.74) is -1.05. The van der Waals surface area contributed by atoms with Crippen molar-refractivity contribution >= 4 is 20.2 Å². The number of H-pyrrole nitrogens is 1. The Bertz CT molecular complexity index is 961. The van der Waals surface area contributed by atoms with Gasteiger partial charge in [0, 0.05) is 18.2 Å². The molecule has 0 bridgehead atoms. The van der Waals surface area contributed by atoms with Gasteiger partial charge in [-0.15, -0.1) is 0 Å². The van der Waals surface area contributed by atoms with Gasteiger partial charge in [-0.3, -0.25) is 22.7 Å². The summed E-state index contributed by atoms with van der Waals surface area (Å²) in [6.45, 7) is 1.01. The molecule has 0 spiro atoms. The molecule has 0 amide bonds. The second-order valence-corrected chi connectivity index (χ2v) is 8.92. The molecule has 0 saturated carbocycles. The quantitative estimate of drug-likeness (QED) is 0.562. The molecule has 1 aromatic rings. The highest BCUT2D eigenvalue weighted by atomic mass is 32.2. The third-order valence-electron chi connectivity index (χ3n) is 3.38. The third kappa shape index (κ3) is 5.47. The lowest BCUT2D eigenvalue weighted by Gasteiger charge is -2.17. The molecule has 1 aliphatic heterocycles. The number of ether oxygens (including phenoxy) is 1. The summed E-state index contributed by atoms with van der Waals surface area (Å²) in [6.07, 6.45) is -0.177. The Balaban J connectivity index is 2.29. The summed E-state index contributed by atoms with van der Waals surface area (Å²) in [5, 5.41) is 0. The summed E-state index contributed by atoms with van der Waals surface area (Å²) >= 11 is 0. The van der Waals surface area contributed by atoms with Crippen molar-refractivity contribution in [2.75, 3.05) is 19.1 Å². The van der Waals surface area contributed by atoms with Gasteiger partial charge >= 0.3 is 5.69 Å². The molecule has 0 aliphatic carbocycles. The molecule has 0 aromatic carbocycles. The molecule has 3 atom stereocenters. The van der Waals surface area contributed by atoms with Crippen LogP contribution in [0.15, 0.2) is 15.8 Å². The molecular formula is C12H18N2O9S2. The van der Waals surface area contributed by atoms with Crippen LogP contribution in [0.5, 0.6) is 0 Å². The zero-order valence-electron chi connectivity index (χ0n) is 13.7. The molecular weight excluding hydrogens is 380 g/mol. The fourth-order valence-electron chi connectivity index (χ4n) is 2.34. The van der Waals surface area contributed by atoms with Crippen molar-refractivity contribution in [3.8, 4) is 0 Å². The van der Waals surface area contributed by atoms with E-state index in [1.807, 2.05) is 0 Å². The minimum atomic E-state index is -3.86. The van der Waals surface area contributed by atoms with Gasteiger partial charge in [0.05, 0.1) is 19.1 Å². The zero-order valence-corrected chi connectivity index (χ0v) is 15.3. The fraction of sp³-hybridized carbons (Fsp3) is 0.667. The SMILES string of the molecule is Cc1cn([C@@H]2C[C@@H](OS(C)(=O)=O)[C@@H](COS(C)(=O)=O)O2)c(=O)[nH]c1=O. The Hall–Kier alpha value is -1.54. The van der Waals surface area contributed by atoms with E-state index in [9.17, 15) is 26.4 Å². The van der Waals surface area contributed by atoms with E-state index in [0.29, 0.717) is 0 Å². The maximum Gasteiger partial charge on any atom is 0.330 e. The van der Waals surface area contributed by atoms with Crippen LogP contribution in [0.25, 0.3) is 0 Å². The predicted molar refractivity (Wildman–Crippen MR) is 85.1 cm³/mol. The predicted octanol–water partition coefficient (Wildman–Crippen LogP) is -1.55. The number of nitrogens with zero attached hydrogens (tertiary/aromatic N) is 1. The van der Waals surface area contributed by atoms with Crippen LogP contribution >= 0.6 is 0 Å². The van der Waals surface area contributed by atoms with E-state index >= 15 is 0 Å². The van der Waals surface area contributed by atoms with E-state index in [0.717, 1.165) is 17.1 Å². The van der Waals surface area contributed by atoms with E-state index in [-0.39, 0.29) is 12.0 Å². The third-order valence-corrected chi connectivity index (χ3v) is 4.54. The van der Waals surface area contributed by atoms with Crippen LogP contribution in [0.3, 0.4) is 0 Å². The van der Waals surface area contributed by atoms with Gasteiger partial charge in [-0.1, -0.05) is 0 Å². The van der Waals surface area contributed by atoms with Crippen LogP contribution in [0, 0.1) is 6.92 Å². The van der Waals surface area contributed by atoms with E-state index in [1.54, 1.807) is 0 Å². The topological polar surface area (TPSA) is 151 Å². The number of hydrogen-bond acceptors (Lipinski definition) is 9. The summed E-state index contributed by atoms with van der Waals surface area (Å²) < 4.78 is 61.2. The van der Waals surface area contributed by atoms with Crippen LogP contribution in [-0.4, -0.2) is 57.7 Å². The van der Waals surface area contributed by atoms with Crippen molar-refractivity contribution in [3.05, 3.63) is 32.6 Å². The van der Waals surface area contributed by atoms with Gasteiger partial charge in [0.15, 0.2) is 0 Å². The van der Waals surface area contributed by atoms with Crippen molar-refractivity contribution in [2.24, 2.45) is 0 Å². The maximum absolute atomic E-state index is 11.9. The monoisotopic (exact) mass is 398 g/mol. The van der Waals surface area contributed by atoms with Gasteiger partial charge < -0.3 is 4.74 Å². The Morgan fingerprint density at radius 2 is 1.88 bits per heavy atom. The van der Waals surface area contributed by atoms with Gasteiger partial charge in [-0.2, -0.15) is 16.8 Å². The van der Waals surface area contributed by atoms with Crippen LogP contribution in [0.4, 0.5) is 0 Å². The van der Waals surface area contributed by atoms with Crippen LogP contribution in [-0.2, 0) is 33.3 Å². The smallest absolute Gasteiger partial charge is 0.330 e. The number of aromatic amines is 1. The number of rotatable bonds is 6. The molecule has 1 aliphatic rings. The van der Waals surface area contributed by atoms with Crippen LogP contribution < -0.4 is 11.2 Å². The normalized spacial score (nSPS) is 24.5. The minimum Gasteiger partial charge on any atom is -0.349 e. The Morgan fingerprint density at radius 1 is 1.24 bits per heavy atom. The van der Waals surface area contributed by atoms with Gasteiger partial charge in [0.2, 0.25) is 0 Å². The lowest BCUT2D eigenvalue weighted by atomic mass is 10.2. The number of aryl methyl sites for hydroxylation is 1. The summed E-state index contributed by atoms with van der Waals surface area (Å²) in [4.78, 5) is 25.5. The van der Waals surface area contributed by atoms with Gasteiger partial charge in [-0.05, 0) is 6.92 Å². The lowest BCUT2D eigenvalue weighted by Crippen LogP contribution is -2.33. The first-order chi connectivity index (χ1) is 11.4. The molecule has 1 N–H and O–H groups in total. The highest BCUT2D eigenvalue weighted by Gasteiger charge is 2.40. The fourth-order valence-corrected chi connectivity index (χ4v) is 3.37. The minimum absolute atomic E-state index is 0.0593. The molecule has 0 radical (unpaired) electrons. The molecule has 1 aromatic heterocycles. The summed E-state index contributed by atoms with van der Waals surface area (Å²) in [7, 11) is -7.64. The average molecular weight is 398 g/mol. The molecule has 1 fully saturated rings. The van der Waals surface area contributed by atoms with E-state index in [4.69, 9.17) is 8.92 Å². The Kier molecular flexibility index (Phi) is 5.53. The van der Waals surface area contributed by atoms with Crippen molar-refractivity contribution in [3.63, 3.8) is 0 Å². The van der Waals surface area contributed by atoms with E-state index < -0.39 is 56.5 Å². The Morgan fingerprint density at radius 3 is 2.44 bits per heavy atom. The molecule has 13 heteroatoms. The first-order valence-corrected chi connectivity index (χ1v) is 10.7. The molecule has 25 heavy (non-hydrogen) atoms. The molecule has 0 unspecified atom stereocenters. The van der Waals surface area contributed by atoms with E-state index in [1.165, 1.54) is 13.1 Å². The molecule has 2 rings (SSSR count). The Labute approximate surface area is 143 Å². The summed E-state index contributed by atoms with van der Waals surface area (Å²) in [6, 6.07) is 0. The lowest BCUT2D eigenvalue weighted by molar-refractivity contribution is -0.0353. The number of aromatic nitrogens is 2. The first-order valence-electron chi connectivity index (χ1n) is 7.06. The molecule has 1 saturated heterocycles. The zero-order chi connectivity index (χ0) is 19.0. The van der Waals surface area contributed by atoms with Crippen molar-refractivity contribution in [2.45, 2.75) is 31.8 Å². The van der Waals surface area contributed by atoms with Crippen LogP contribution in [0.1, 0.15) is 18.2 Å². The number of hydrogen-bond donors (Lipinski definition) is 1. The van der Waals surface area contributed by atoms with Crippen molar-refractivity contribution < 1.29 is 29.9 Å². The number of nitrogens with one attached hydrogen (secondary N) is 1. The summed E-state index contributed by atoms with van der Waals surface area (Å²) in [5.74, 6) is 0. The van der Waals surface area contributed by atoms with Gasteiger partial charge in [0.25, 0.3) is 25.8 Å². The van der Waals surface area contributed by atoms with Crippen molar-refractivity contribution in [1.82, 2.24) is 9.55 Å². The highest BCUT2D eigenvalue weighted by molar-refractivity contribution is 7.86. The highest BCUT2D eigenvalue weighted by Crippen LogP contribution is 2.31. The average Bonchev–Trinajstić information content (AvgIpc) is 2.80.